The smallest absolute Gasteiger partial charge is 0.254 e. The molecule has 3 heterocycles. The van der Waals surface area contributed by atoms with E-state index in [9.17, 15) is 4.79 Å². The maximum absolute atomic E-state index is 12.9. The first kappa shape index (κ1) is 16.8. The Kier molecular flexibility index (Phi) is 4.20. The van der Waals surface area contributed by atoms with Gasteiger partial charge in [0.05, 0.1) is 11.2 Å². The van der Waals surface area contributed by atoms with E-state index < -0.39 is 0 Å². The van der Waals surface area contributed by atoms with Crippen LogP contribution in [0.3, 0.4) is 0 Å². The minimum atomic E-state index is 0.0284. The van der Waals surface area contributed by atoms with E-state index in [1.54, 1.807) is 0 Å². The lowest BCUT2D eigenvalue weighted by molar-refractivity contribution is 0.0791. The molecule has 2 aliphatic rings. The third-order valence-corrected chi connectivity index (χ3v) is 5.20. The molecule has 1 amide bonds. The summed E-state index contributed by atoms with van der Waals surface area (Å²) in [5.74, 6) is 1.38. The average molecular weight is 375 g/mol. The van der Waals surface area contributed by atoms with Crippen LogP contribution in [0.2, 0.25) is 0 Å². The number of para-hydroxylation sites is 1. The van der Waals surface area contributed by atoms with Crippen LogP contribution >= 0.6 is 0 Å². The molecule has 1 atom stereocenters. The Hall–Kier alpha value is -3.35. The van der Waals surface area contributed by atoms with E-state index in [1.807, 2.05) is 53.6 Å². The number of carbonyl (C=O) groups excluding carboxylic acids is 1. The molecular formula is C21H21N5O2. The molecule has 142 valence electrons. The largest absolute Gasteiger partial charge is 0.490 e. The van der Waals surface area contributed by atoms with Crippen LogP contribution in [0, 0.1) is 0 Å². The summed E-state index contributed by atoms with van der Waals surface area (Å²) in [5.41, 5.74) is 2.51. The summed E-state index contributed by atoms with van der Waals surface area (Å²) in [6.07, 6.45) is 2.69. The molecule has 0 aliphatic carbocycles. The number of anilines is 2. The van der Waals surface area contributed by atoms with E-state index in [4.69, 9.17) is 4.74 Å². The second-order valence-electron chi connectivity index (χ2n) is 7.12. The first-order valence-corrected chi connectivity index (χ1v) is 9.54. The highest BCUT2D eigenvalue weighted by Crippen LogP contribution is 2.29. The minimum absolute atomic E-state index is 0.0284. The molecule has 1 unspecified atom stereocenters. The van der Waals surface area contributed by atoms with E-state index in [-0.39, 0.29) is 11.9 Å². The Labute approximate surface area is 162 Å². The molecule has 3 aromatic rings. The number of hydrogen-bond donors (Lipinski definition) is 2. The van der Waals surface area contributed by atoms with Crippen LogP contribution in [0.15, 0.2) is 48.7 Å². The molecule has 1 fully saturated rings. The van der Waals surface area contributed by atoms with Crippen molar-refractivity contribution < 1.29 is 9.53 Å². The minimum Gasteiger partial charge on any atom is -0.490 e. The second kappa shape index (κ2) is 6.99. The fourth-order valence-electron chi connectivity index (χ4n) is 3.74. The van der Waals surface area contributed by atoms with Crippen molar-refractivity contribution in [1.29, 1.82) is 0 Å². The number of hydrogen-bond acceptors (Lipinski definition) is 6. The van der Waals surface area contributed by atoms with Gasteiger partial charge in [0.2, 0.25) is 5.95 Å². The zero-order chi connectivity index (χ0) is 18.9. The lowest BCUT2D eigenvalue weighted by Crippen LogP contribution is -2.32. The Morgan fingerprint density at radius 3 is 3.14 bits per heavy atom. The van der Waals surface area contributed by atoms with Crippen LogP contribution in [0.4, 0.5) is 11.6 Å². The number of fused-ring (bicyclic) bond motifs is 2. The van der Waals surface area contributed by atoms with Crippen LogP contribution < -0.4 is 15.4 Å². The zero-order valence-corrected chi connectivity index (χ0v) is 15.4. The monoisotopic (exact) mass is 375 g/mol. The maximum atomic E-state index is 12.9. The number of rotatable bonds is 3. The molecule has 1 aromatic heterocycles. The van der Waals surface area contributed by atoms with Gasteiger partial charge in [0.15, 0.2) is 0 Å². The van der Waals surface area contributed by atoms with Crippen LogP contribution in [0.5, 0.6) is 5.75 Å². The first-order chi connectivity index (χ1) is 13.8. The van der Waals surface area contributed by atoms with Crippen molar-refractivity contribution >= 4 is 28.4 Å². The molecule has 2 aliphatic heterocycles. The topological polar surface area (TPSA) is 79.4 Å². The number of carbonyl (C=O) groups is 1. The van der Waals surface area contributed by atoms with Gasteiger partial charge in [-0.1, -0.05) is 18.2 Å². The number of amides is 1. The van der Waals surface area contributed by atoms with Crippen LogP contribution in [0.25, 0.3) is 10.9 Å². The van der Waals surface area contributed by atoms with Gasteiger partial charge in [0.1, 0.15) is 12.4 Å². The number of nitrogens with one attached hydrogen (secondary N) is 2. The lowest BCUT2D eigenvalue weighted by Gasteiger charge is -2.21. The van der Waals surface area contributed by atoms with E-state index in [0.717, 1.165) is 35.3 Å². The van der Waals surface area contributed by atoms with E-state index in [0.29, 0.717) is 31.2 Å². The predicted octanol–water partition coefficient (Wildman–Crippen LogP) is 2.76. The van der Waals surface area contributed by atoms with Crippen molar-refractivity contribution in [2.75, 3.05) is 36.9 Å². The highest BCUT2D eigenvalue weighted by molar-refractivity contribution is 5.95. The van der Waals surface area contributed by atoms with Gasteiger partial charge >= 0.3 is 0 Å². The number of ether oxygens (including phenoxy) is 1. The van der Waals surface area contributed by atoms with Crippen molar-refractivity contribution in [3.8, 4) is 5.75 Å². The normalized spacial score (nSPS) is 18.3. The molecule has 2 aromatic carbocycles. The third kappa shape index (κ3) is 3.19. The van der Waals surface area contributed by atoms with E-state index >= 15 is 0 Å². The Balaban J connectivity index is 1.26. The molecule has 7 nitrogen and oxygen atoms in total. The van der Waals surface area contributed by atoms with Gasteiger partial charge in [0, 0.05) is 42.8 Å². The van der Waals surface area contributed by atoms with Crippen molar-refractivity contribution in [2.24, 2.45) is 0 Å². The van der Waals surface area contributed by atoms with Gasteiger partial charge < -0.3 is 20.3 Å². The maximum Gasteiger partial charge on any atom is 0.254 e. The fourth-order valence-corrected chi connectivity index (χ4v) is 3.74. The second-order valence-corrected chi connectivity index (χ2v) is 7.12. The zero-order valence-electron chi connectivity index (χ0n) is 15.4. The first-order valence-electron chi connectivity index (χ1n) is 9.54. The molecule has 1 saturated heterocycles. The Morgan fingerprint density at radius 2 is 2.18 bits per heavy atom. The number of aromatic nitrogens is 2. The molecule has 2 N–H and O–H groups in total. The van der Waals surface area contributed by atoms with Crippen molar-refractivity contribution in [3.05, 3.63) is 54.2 Å². The molecule has 0 spiro atoms. The molecule has 28 heavy (non-hydrogen) atoms. The lowest BCUT2D eigenvalue weighted by atomic mass is 10.1. The Bertz CT molecular complexity index is 1040. The van der Waals surface area contributed by atoms with Crippen molar-refractivity contribution in [3.63, 3.8) is 0 Å². The molecule has 0 bridgehead atoms. The summed E-state index contributed by atoms with van der Waals surface area (Å²) in [4.78, 5) is 23.7. The number of nitrogens with zero attached hydrogens (tertiary/aromatic N) is 3. The number of benzene rings is 2. The summed E-state index contributed by atoms with van der Waals surface area (Å²) in [7, 11) is 0. The van der Waals surface area contributed by atoms with Crippen LogP contribution in [-0.4, -0.2) is 53.1 Å². The molecule has 5 rings (SSSR count). The summed E-state index contributed by atoms with van der Waals surface area (Å²) >= 11 is 0. The van der Waals surface area contributed by atoms with E-state index in [1.165, 1.54) is 0 Å². The summed E-state index contributed by atoms with van der Waals surface area (Å²) in [6, 6.07) is 13.6. The van der Waals surface area contributed by atoms with Gasteiger partial charge in [-0.2, -0.15) is 0 Å². The van der Waals surface area contributed by atoms with Crippen LogP contribution in [0.1, 0.15) is 16.8 Å². The fraction of sp³-hybridized carbons (Fsp3) is 0.286. The Morgan fingerprint density at radius 1 is 1.25 bits per heavy atom. The highest BCUT2D eigenvalue weighted by Gasteiger charge is 2.28. The predicted molar refractivity (Wildman–Crippen MR) is 108 cm³/mol. The van der Waals surface area contributed by atoms with Gasteiger partial charge in [-0.05, 0) is 30.7 Å². The molecular weight excluding hydrogens is 354 g/mol. The quantitative estimate of drug-likeness (QED) is 0.733. The summed E-state index contributed by atoms with van der Waals surface area (Å²) < 4.78 is 5.65. The van der Waals surface area contributed by atoms with Gasteiger partial charge in [-0.3, -0.25) is 4.79 Å². The average Bonchev–Trinajstić information content (AvgIpc) is 3.21. The van der Waals surface area contributed by atoms with Crippen LogP contribution in [-0.2, 0) is 0 Å². The van der Waals surface area contributed by atoms with Crippen molar-refractivity contribution in [1.82, 2.24) is 14.9 Å². The van der Waals surface area contributed by atoms with Gasteiger partial charge in [-0.25, -0.2) is 9.97 Å². The third-order valence-electron chi connectivity index (χ3n) is 5.20. The standard InChI is InChI=1S/C21H21N5O2/c27-20(14-5-6-18-19(11-14)28-10-8-22-18)26-9-7-16(13-26)24-21-23-12-15-3-1-2-4-17(15)25-21/h1-6,11-12,16,22H,7-10,13H2,(H,23,24,25). The highest BCUT2D eigenvalue weighted by atomic mass is 16.5. The molecule has 0 radical (unpaired) electrons. The van der Waals surface area contributed by atoms with Crippen molar-refractivity contribution in [2.45, 2.75) is 12.5 Å². The van der Waals surface area contributed by atoms with Gasteiger partial charge in [0.25, 0.3) is 5.91 Å². The summed E-state index contributed by atoms with van der Waals surface area (Å²) in [6.45, 7) is 2.74. The number of likely N-dealkylation sites (tertiary alicyclic amines) is 1. The molecule has 0 saturated carbocycles. The van der Waals surface area contributed by atoms with Gasteiger partial charge in [-0.15, -0.1) is 0 Å². The SMILES string of the molecule is O=C(c1ccc2c(c1)OCCN2)N1CCC(Nc2ncc3ccccc3n2)C1. The molecule has 7 heteroatoms. The summed E-state index contributed by atoms with van der Waals surface area (Å²) in [5, 5.41) is 7.65. The van der Waals surface area contributed by atoms with E-state index in [2.05, 4.69) is 20.6 Å².